The summed E-state index contributed by atoms with van der Waals surface area (Å²) >= 11 is 0. The van der Waals surface area contributed by atoms with Crippen molar-refractivity contribution in [1.29, 1.82) is 0 Å². The van der Waals surface area contributed by atoms with Crippen molar-refractivity contribution in [2.75, 3.05) is 40.4 Å². The van der Waals surface area contributed by atoms with Gasteiger partial charge in [-0.1, -0.05) is 0 Å². The zero-order valence-corrected chi connectivity index (χ0v) is 16.6. The van der Waals surface area contributed by atoms with Gasteiger partial charge in [0.1, 0.15) is 11.5 Å². The smallest absolute Gasteiger partial charge is 0.257 e. The van der Waals surface area contributed by atoms with Gasteiger partial charge in [-0.3, -0.25) is 9.59 Å². The van der Waals surface area contributed by atoms with Crippen molar-refractivity contribution in [1.82, 2.24) is 9.80 Å². The number of nitrogens with two attached hydrogens (primary N) is 1. The molecule has 0 aromatic heterocycles. The third-order valence-corrected chi connectivity index (χ3v) is 6.78. The van der Waals surface area contributed by atoms with Crippen LogP contribution in [0.15, 0.2) is 18.2 Å². The molecule has 7 heteroatoms. The highest BCUT2D eigenvalue weighted by atomic mass is 16.5. The lowest BCUT2D eigenvalue weighted by atomic mass is 9.84. The third-order valence-electron chi connectivity index (χ3n) is 6.78. The van der Waals surface area contributed by atoms with Gasteiger partial charge in [0.25, 0.3) is 5.91 Å². The first-order chi connectivity index (χ1) is 13.5. The van der Waals surface area contributed by atoms with Crippen molar-refractivity contribution in [2.45, 2.75) is 25.3 Å². The molecule has 1 heterocycles. The van der Waals surface area contributed by atoms with Crippen molar-refractivity contribution < 1.29 is 19.1 Å². The van der Waals surface area contributed by atoms with Crippen LogP contribution in [-0.4, -0.2) is 68.1 Å². The number of hydrogen-bond donors (Lipinski definition) is 1. The summed E-state index contributed by atoms with van der Waals surface area (Å²) in [5.41, 5.74) is 6.85. The zero-order chi connectivity index (χ0) is 19.8. The molecule has 4 rings (SSSR count). The summed E-state index contributed by atoms with van der Waals surface area (Å²) < 4.78 is 10.6. The molecule has 1 saturated heterocycles. The molecule has 2 aliphatic carbocycles. The zero-order valence-electron chi connectivity index (χ0n) is 16.6. The fourth-order valence-electron chi connectivity index (χ4n) is 5.19. The molecule has 4 unspecified atom stereocenters. The van der Waals surface area contributed by atoms with Crippen molar-refractivity contribution in [3.8, 4) is 11.5 Å². The van der Waals surface area contributed by atoms with E-state index in [9.17, 15) is 9.59 Å². The van der Waals surface area contributed by atoms with Crippen LogP contribution in [0.3, 0.4) is 0 Å². The van der Waals surface area contributed by atoms with Gasteiger partial charge >= 0.3 is 0 Å². The summed E-state index contributed by atoms with van der Waals surface area (Å²) in [6, 6.07) is 5.20. The van der Waals surface area contributed by atoms with E-state index in [4.69, 9.17) is 15.2 Å². The highest BCUT2D eigenvalue weighted by molar-refractivity contribution is 5.97. The van der Waals surface area contributed by atoms with Crippen LogP contribution in [0.5, 0.6) is 11.5 Å². The first-order valence-electron chi connectivity index (χ1n) is 10.1. The topological polar surface area (TPSA) is 85.1 Å². The van der Waals surface area contributed by atoms with E-state index in [0.717, 1.165) is 12.8 Å². The predicted octanol–water partition coefficient (Wildman–Crippen LogP) is 1.36. The number of fused-ring (bicyclic) bond motifs is 2. The van der Waals surface area contributed by atoms with Gasteiger partial charge in [-0.15, -0.1) is 0 Å². The highest BCUT2D eigenvalue weighted by Crippen LogP contribution is 2.48. The predicted molar refractivity (Wildman–Crippen MR) is 104 cm³/mol. The molecule has 7 nitrogen and oxygen atoms in total. The second-order valence-corrected chi connectivity index (χ2v) is 8.12. The quantitative estimate of drug-likeness (QED) is 0.843. The van der Waals surface area contributed by atoms with Crippen LogP contribution in [0.1, 0.15) is 29.6 Å². The van der Waals surface area contributed by atoms with Gasteiger partial charge in [0.2, 0.25) is 5.91 Å². The number of ether oxygens (including phenoxy) is 2. The molecule has 28 heavy (non-hydrogen) atoms. The van der Waals surface area contributed by atoms with Crippen LogP contribution in [-0.2, 0) is 4.79 Å². The van der Waals surface area contributed by atoms with Gasteiger partial charge in [-0.05, 0) is 43.2 Å². The van der Waals surface area contributed by atoms with Crippen LogP contribution < -0.4 is 15.2 Å². The number of nitrogens with zero attached hydrogens (tertiary/aromatic N) is 2. The molecule has 1 aromatic rings. The average molecular weight is 387 g/mol. The minimum Gasteiger partial charge on any atom is -0.497 e. The monoisotopic (exact) mass is 387 g/mol. The molecule has 2 amide bonds. The van der Waals surface area contributed by atoms with Gasteiger partial charge in [0.15, 0.2) is 0 Å². The number of rotatable bonds is 4. The minimum absolute atomic E-state index is 0.00877. The summed E-state index contributed by atoms with van der Waals surface area (Å²) in [5.74, 6) is 2.20. The second kappa shape index (κ2) is 7.62. The van der Waals surface area contributed by atoms with E-state index < -0.39 is 0 Å². The van der Waals surface area contributed by atoms with Crippen LogP contribution in [0.25, 0.3) is 0 Å². The fourth-order valence-corrected chi connectivity index (χ4v) is 5.19. The molecule has 152 valence electrons. The Balaban J connectivity index is 1.39. The second-order valence-electron chi connectivity index (χ2n) is 8.12. The lowest BCUT2D eigenvalue weighted by Crippen LogP contribution is -2.54. The minimum atomic E-state index is -0.0803. The number of methoxy groups -OCH3 is 2. The number of piperazine rings is 1. The molecular weight excluding hydrogens is 358 g/mol. The van der Waals surface area contributed by atoms with Crippen molar-refractivity contribution in [3.63, 3.8) is 0 Å². The first kappa shape index (κ1) is 19.1. The van der Waals surface area contributed by atoms with E-state index in [0.29, 0.717) is 55.1 Å². The fraction of sp³-hybridized carbons (Fsp3) is 0.619. The Hall–Kier alpha value is -2.28. The molecule has 2 saturated carbocycles. The summed E-state index contributed by atoms with van der Waals surface area (Å²) in [6.45, 7) is 2.17. The van der Waals surface area contributed by atoms with E-state index in [-0.39, 0.29) is 23.8 Å². The molecule has 1 aliphatic heterocycles. The average Bonchev–Trinajstić information content (AvgIpc) is 3.33. The molecular formula is C21H29N3O4. The molecule has 4 atom stereocenters. The molecule has 2 bridgehead atoms. The molecule has 1 aromatic carbocycles. The van der Waals surface area contributed by atoms with Crippen LogP contribution >= 0.6 is 0 Å². The Labute approximate surface area is 165 Å². The molecule has 0 radical (unpaired) electrons. The summed E-state index contributed by atoms with van der Waals surface area (Å²) in [5, 5.41) is 0. The lowest BCUT2D eigenvalue weighted by Gasteiger charge is -2.38. The molecule has 3 aliphatic rings. The Bertz CT molecular complexity index is 758. The number of amides is 2. The maximum absolute atomic E-state index is 13.0. The van der Waals surface area contributed by atoms with Crippen molar-refractivity contribution in [2.24, 2.45) is 23.5 Å². The van der Waals surface area contributed by atoms with Crippen LogP contribution in [0.4, 0.5) is 0 Å². The van der Waals surface area contributed by atoms with Gasteiger partial charge in [-0.25, -0.2) is 0 Å². The number of carbonyl (C=O) groups is 2. The maximum atomic E-state index is 13.0. The molecule has 3 fully saturated rings. The van der Waals surface area contributed by atoms with E-state index in [1.165, 1.54) is 6.42 Å². The Morgan fingerprint density at radius 1 is 1.00 bits per heavy atom. The Kier molecular flexibility index (Phi) is 5.19. The molecule has 0 spiro atoms. The summed E-state index contributed by atoms with van der Waals surface area (Å²) in [6.07, 6.45) is 3.40. The first-order valence-corrected chi connectivity index (χ1v) is 10.1. The Morgan fingerprint density at radius 2 is 1.68 bits per heavy atom. The van der Waals surface area contributed by atoms with Crippen LogP contribution in [0, 0.1) is 17.8 Å². The van der Waals surface area contributed by atoms with Crippen molar-refractivity contribution in [3.05, 3.63) is 23.8 Å². The van der Waals surface area contributed by atoms with Crippen LogP contribution in [0.2, 0.25) is 0 Å². The van der Waals surface area contributed by atoms with E-state index >= 15 is 0 Å². The van der Waals surface area contributed by atoms with E-state index in [1.807, 2.05) is 4.90 Å². The SMILES string of the molecule is COc1ccc(C(=O)N2CCN(C(=O)C3C4CCC(C4)C3N)CC2)c(OC)c1. The van der Waals surface area contributed by atoms with Gasteiger partial charge in [0.05, 0.1) is 25.7 Å². The maximum Gasteiger partial charge on any atom is 0.257 e. The number of hydrogen-bond acceptors (Lipinski definition) is 5. The third kappa shape index (κ3) is 3.21. The standard InChI is InChI=1S/C21H29N3O4/c1-27-15-5-6-16(17(12-15)28-2)20(25)23-7-9-24(10-8-23)21(26)18-13-3-4-14(11-13)19(18)22/h5-6,12-14,18-19H,3-4,7-11,22H2,1-2H3. The summed E-state index contributed by atoms with van der Waals surface area (Å²) in [4.78, 5) is 29.7. The van der Waals surface area contributed by atoms with Crippen molar-refractivity contribution >= 4 is 11.8 Å². The summed E-state index contributed by atoms with van der Waals surface area (Å²) in [7, 11) is 3.12. The Morgan fingerprint density at radius 3 is 2.29 bits per heavy atom. The lowest BCUT2D eigenvalue weighted by molar-refractivity contribution is -0.139. The molecule has 2 N–H and O–H groups in total. The largest absolute Gasteiger partial charge is 0.497 e. The van der Waals surface area contributed by atoms with Gasteiger partial charge < -0.3 is 25.0 Å². The van der Waals surface area contributed by atoms with Gasteiger partial charge in [0, 0.05) is 38.3 Å². The van der Waals surface area contributed by atoms with E-state index in [2.05, 4.69) is 0 Å². The normalized spacial score (nSPS) is 29.1. The number of carbonyl (C=O) groups excluding carboxylic acids is 2. The highest BCUT2D eigenvalue weighted by Gasteiger charge is 2.50. The van der Waals surface area contributed by atoms with E-state index in [1.54, 1.807) is 37.3 Å². The number of benzene rings is 1. The van der Waals surface area contributed by atoms with Gasteiger partial charge in [-0.2, -0.15) is 0 Å².